The summed E-state index contributed by atoms with van der Waals surface area (Å²) in [6, 6.07) is 15.8. The third kappa shape index (κ3) is 5.74. The fourth-order valence-corrected chi connectivity index (χ4v) is 3.67. The quantitative estimate of drug-likeness (QED) is 0.397. The molecule has 0 aliphatic carbocycles. The molecular formula is C28H33NO5. The number of carbonyl (C=O) groups excluding carboxylic acids is 2. The van der Waals surface area contributed by atoms with E-state index in [0.29, 0.717) is 18.1 Å². The number of nitrogens with zero attached hydrogens (tertiary/aromatic N) is 1. The van der Waals surface area contributed by atoms with Gasteiger partial charge in [-0.25, -0.2) is 0 Å². The summed E-state index contributed by atoms with van der Waals surface area (Å²) in [5.74, 6) is 0.0144. The molecule has 3 aromatic rings. The lowest BCUT2D eigenvalue weighted by Gasteiger charge is -2.23. The van der Waals surface area contributed by atoms with Crippen LogP contribution >= 0.6 is 0 Å². The van der Waals surface area contributed by atoms with Crippen molar-refractivity contribution in [3.63, 3.8) is 0 Å². The standard InChI is InChI=1S/C28H33NO5/c1-8-32-26(31)28(6,7)22-15-13-20(14-16-22)19-9-11-21(12-10-19)25-23(18(2)29-34-25)17-24(30)33-27(3,4)5/h9-16H,8,17H2,1-7H3. The number of carbonyl (C=O) groups is 2. The van der Waals surface area contributed by atoms with Gasteiger partial charge in [-0.05, 0) is 65.2 Å². The van der Waals surface area contributed by atoms with Crippen molar-refractivity contribution in [3.8, 4) is 22.5 Å². The summed E-state index contributed by atoms with van der Waals surface area (Å²) in [5, 5.41) is 4.06. The van der Waals surface area contributed by atoms with Gasteiger partial charge in [0.25, 0.3) is 0 Å². The molecule has 1 heterocycles. The lowest BCUT2D eigenvalue weighted by atomic mass is 9.84. The minimum Gasteiger partial charge on any atom is -0.465 e. The average molecular weight is 464 g/mol. The van der Waals surface area contributed by atoms with Crippen LogP contribution in [0.3, 0.4) is 0 Å². The van der Waals surface area contributed by atoms with Gasteiger partial charge in [-0.3, -0.25) is 9.59 Å². The maximum absolute atomic E-state index is 12.4. The summed E-state index contributed by atoms with van der Waals surface area (Å²) in [6.07, 6.45) is 0.0986. The summed E-state index contributed by atoms with van der Waals surface area (Å²) in [7, 11) is 0. The number of aromatic nitrogens is 1. The minimum absolute atomic E-state index is 0.0986. The van der Waals surface area contributed by atoms with Crippen LogP contribution < -0.4 is 0 Å². The van der Waals surface area contributed by atoms with Crippen molar-refractivity contribution >= 4 is 11.9 Å². The number of benzene rings is 2. The van der Waals surface area contributed by atoms with E-state index in [0.717, 1.165) is 27.8 Å². The van der Waals surface area contributed by atoms with Crippen molar-refractivity contribution < 1.29 is 23.6 Å². The molecule has 0 bridgehead atoms. The second kappa shape index (κ2) is 9.84. The summed E-state index contributed by atoms with van der Waals surface area (Å²) >= 11 is 0. The highest BCUT2D eigenvalue weighted by atomic mass is 16.6. The molecule has 1 aromatic heterocycles. The third-order valence-corrected chi connectivity index (χ3v) is 5.60. The van der Waals surface area contributed by atoms with E-state index in [1.807, 2.05) is 90.1 Å². The molecule has 180 valence electrons. The van der Waals surface area contributed by atoms with E-state index in [9.17, 15) is 9.59 Å². The molecule has 3 rings (SSSR count). The molecule has 6 heteroatoms. The first-order valence-electron chi connectivity index (χ1n) is 11.5. The van der Waals surface area contributed by atoms with Gasteiger partial charge < -0.3 is 14.0 Å². The molecule has 0 atom stereocenters. The van der Waals surface area contributed by atoms with Gasteiger partial charge in [-0.1, -0.05) is 53.7 Å². The summed E-state index contributed by atoms with van der Waals surface area (Å²) in [6.45, 7) is 13.2. The Morgan fingerprint density at radius 3 is 1.94 bits per heavy atom. The van der Waals surface area contributed by atoms with Crippen molar-refractivity contribution in [2.45, 2.75) is 65.9 Å². The fourth-order valence-electron chi connectivity index (χ4n) is 3.67. The fraction of sp³-hybridized carbons (Fsp3) is 0.393. The Hall–Kier alpha value is -3.41. The predicted octanol–water partition coefficient (Wildman–Crippen LogP) is 6.04. The van der Waals surface area contributed by atoms with Gasteiger partial charge >= 0.3 is 11.9 Å². The number of ether oxygens (including phenoxy) is 2. The molecule has 0 saturated carbocycles. The Bertz CT molecular complexity index is 1150. The van der Waals surface area contributed by atoms with Gasteiger partial charge in [0.15, 0.2) is 5.76 Å². The molecule has 0 radical (unpaired) electrons. The number of rotatable bonds is 7. The van der Waals surface area contributed by atoms with Crippen LogP contribution in [-0.4, -0.2) is 29.3 Å². The Morgan fingerprint density at radius 1 is 0.882 bits per heavy atom. The van der Waals surface area contributed by atoms with Crippen LogP contribution in [0.25, 0.3) is 22.5 Å². The van der Waals surface area contributed by atoms with E-state index in [1.54, 1.807) is 6.92 Å². The van der Waals surface area contributed by atoms with Crippen LogP contribution in [0.2, 0.25) is 0 Å². The SMILES string of the molecule is CCOC(=O)C(C)(C)c1ccc(-c2ccc(-c3onc(C)c3CC(=O)OC(C)(C)C)cc2)cc1. The van der Waals surface area contributed by atoms with Crippen molar-refractivity contribution in [2.75, 3.05) is 6.61 Å². The number of esters is 2. The van der Waals surface area contributed by atoms with E-state index in [2.05, 4.69) is 5.16 Å². The Kier molecular flexibility index (Phi) is 7.29. The Morgan fingerprint density at radius 2 is 1.41 bits per heavy atom. The molecule has 34 heavy (non-hydrogen) atoms. The van der Waals surface area contributed by atoms with Gasteiger partial charge in [0, 0.05) is 11.1 Å². The molecule has 0 unspecified atom stereocenters. The molecule has 6 nitrogen and oxygen atoms in total. The molecule has 0 N–H and O–H groups in total. The molecule has 0 aliphatic rings. The van der Waals surface area contributed by atoms with Crippen LogP contribution in [0, 0.1) is 6.92 Å². The first-order chi connectivity index (χ1) is 15.9. The first-order valence-corrected chi connectivity index (χ1v) is 11.5. The minimum atomic E-state index is -0.715. The zero-order valence-corrected chi connectivity index (χ0v) is 21.0. The number of aryl methyl sites for hydroxylation is 1. The third-order valence-electron chi connectivity index (χ3n) is 5.60. The van der Waals surface area contributed by atoms with Crippen LogP contribution in [-0.2, 0) is 30.9 Å². The zero-order chi connectivity index (χ0) is 25.1. The van der Waals surface area contributed by atoms with Crippen LogP contribution in [0.15, 0.2) is 53.1 Å². The van der Waals surface area contributed by atoms with E-state index >= 15 is 0 Å². The summed E-state index contributed by atoms with van der Waals surface area (Å²) in [4.78, 5) is 24.6. The maximum atomic E-state index is 12.4. The lowest BCUT2D eigenvalue weighted by molar-refractivity contribution is -0.154. The molecule has 0 fully saturated rings. The highest BCUT2D eigenvalue weighted by Gasteiger charge is 2.31. The molecule has 0 saturated heterocycles. The Balaban J connectivity index is 1.80. The van der Waals surface area contributed by atoms with E-state index < -0.39 is 11.0 Å². The van der Waals surface area contributed by atoms with Gasteiger partial charge in [0.05, 0.1) is 24.1 Å². The van der Waals surface area contributed by atoms with E-state index in [4.69, 9.17) is 14.0 Å². The van der Waals surface area contributed by atoms with Crippen LogP contribution in [0.4, 0.5) is 0 Å². The zero-order valence-electron chi connectivity index (χ0n) is 21.0. The first kappa shape index (κ1) is 25.2. The second-order valence-corrected chi connectivity index (χ2v) is 9.84. The van der Waals surface area contributed by atoms with E-state index in [1.165, 1.54) is 0 Å². The largest absolute Gasteiger partial charge is 0.465 e. The number of hydrogen-bond donors (Lipinski definition) is 0. The highest BCUT2D eigenvalue weighted by molar-refractivity contribution is 5.82. The van der Waals surface area contributed by atoms with Gasteiger partial charge in [-0.15, -0.1) is 0 Å². The highest BCUT2D eigenvalue weighted by Crippen LogP contribution is 2.31. The van der Waals surface area contributed by atoms with Crippen LogP contribution in [0.1, 0.15) is 58.4 Å². The molecule has 0 spiro atoms. The maximum Gasteiger partial charge on any atom is 0.315 e. The summed E-state index contributed by atoms with van der Waals surface area (Å²) < 4.78 is 16.2. The second-order valence-electron chi connectivity index (χ2n) is 9.84. The van der Waals surface area contributed by atoms with Gasteiger partial charge in [0.1, 0.15) is 5.60 Å². The van der Waals surface area contributed by atoms with Crippen molar-refractivity contribution in [1.29, 1.82) is 0 Å². The molecular weight excluding hydrogens is 430 g/mol. The normalized spacial score (nSPS) is 11.9. The smallest absolute Gasteiger partial charge is 0.315 e. The van der Waals surface area contributed by atoms with Crippen molar-refractivity contribution in [2.24, 2.45) is 0 Å². The predicted molar refractivity (Wildman–Crippen MR) is 131 cm³/mol. The summed E-state index contributed by atoms with van der Waals surface area (Å²) in [5.41, 5.74) is 3.92. The monoisotopic (exact) mass is 463 g/mol. The topological polar surface area (TPSA) is 78.6 Å². The van der Waals surface area contributed by atoms with E-state index in [-0.39, 0.29) is 18.4 Å². The Labute approximate surface area is 201 Å². The van der Waals surface area contributed by atoms with Crippen molar-refractivity contribution in [1.82, 2.24) is 5.16 Å². The molecule has 0 aliphatic heterocycles. The van der Waals surface area contributed by atoms with Crippen LogP contribution in [0.5, 0.6) is 0 Å². The average Bonchev–Trinajstić information content (AvgIpc) is 3.12. The molecule has 2 aromatic carbocycles. The van der Waals surface area contributed by atoms with Crippen molar-refractivity contribution in [3.05, 3.63) is 65.4 Å². The molecule has 0 amide bonds. The number of hydrogen-bond acceptors (Lipinski definition) is 6. The van der Waals surface area contributed by atoms with Gasteiger partial charge in [0.2, 0.25) is 0 Å². The lowest BCUT2D eigenvalue weighted by Crippen LogP contribution is -2.31. The van der Waals surface area contributed by atoms with Gasteiger partial charge in [-0.2, -0.15) is 0 Å².